The SMILES string of the molecule is Nc1nc(=O)n(C2C=C[C@H](CO)O2)cc1F. The summed E-state index contributed by atoms with van der Waals surface area (Å²) >= 11 is 0. The molecular weight excluding hydrogens is 217 g/mol. The van der Waals surface area contributed by atoms with Crippen LogP contribution < -0.4 is 11.4 Å². The second-order valence-electron chi connectivity index (χ2n) is 3.30. The van der Waals surface area contributed by atoms with Gasteiger partial charge in [0.05, 0.1) is 12.8 Å². The molecule has 3 N–H and O–H groups in total. The van der Waals surface area contributed by atoms with Gasteiger partial charge in [0.1, 0.15) is 6.10 Å². The monoisotopic (exact) mass is 227 g/mol. The fourth-order valence-corrected chi connectivity index (χ4v) is 1.39. The van der Waals surface area contributed by atoms with Crippen molar-refractivity contribution in [2.24, 2.45) is 0 Å². The van der Waals surface area contributed by atoms with Crippen LogP contribution >= 0.6 is 0 Å². The average molecular weight is 227 g/mol. The molecule has 0 spiro atoms. The van der Waals surface area contributed by atoms with E-state index in [2.05, 4.69) is 4.98 Å². The van der Waals surface area contributed by atoms with Crippen LogP contribution in [-0.4, -0.2) is 27.4 Å². The number of halogens is 1. The fraction of sp³-hybridized carbons (Fsp3) is 0.333. The molecule has 0 bridgehead atoms. The van der Waals surface area contributed by atoms with Gasteiger partial charge in [-0.25, -0.2) is 9.18 Å². The lowest BCUT2D eigenvalue weighted by atomic mass is 10.4. The smallest absolute Gasteiger partial charge is 0.352 e. The van der Waals surface area contributed by atoms with Gasteiger partial charge in [0.2, 0.25) is 0 Å². The van der Waals surface area contributed by atoms with Gasteiger partial charge < -0.3 is 15.6 Å². The second-order valence-corrected chi connectivity index (χ2v) is 3.30. The Hall–Kier alpha value is -1.73. The normalized spacial score (nSPS) is 23.9. The van der Waals surface area contributed by atoms with Crippen molar-refractivity contribution in [1.82, 2.24) is 9.55 Å². The number of hydrogen-bond donors (Lipinski definition) is 2. The third-order valence-corrected chi connectivity index (χ3v) is 2.19. The van der Waals surface area contributed by atoms with Gasteiger partial charge in [-0.05, 0) is 6.08 Å². The first-order valence-corrected chi connectivity index (χ1v) is 4.60. The zero-order chi connectivity index (χ0) is 11.7. The van der Waals surface area contributed by atoms with Crippen LogP contribution in [0.15, 0.2) is 23.1 Å². The topological polar surface area (TPSA) is 90.4 Å². The van der Waals surface area contributed by atoms with E-state index in [1.165, 1.54) is 0 Å². The molecule has 2 atom stereocenters. The van der Waals surface area contributed by atoms with Gasteiger partial charge in [0, 0.05) is 0 Å². The third kappa shape index (κ3) is 1.82. The molecule has 0 saturated carbocycles. The minimum atomic E-state index is -0.788. The van der Waals surface area contributed by atoms with E-state index in [1.807, 2.05) is 0 Å². The van der Waals surface area contributed by atoms with Gasteiger partial charge in [0.25, 0.3) is 0 Å². The van der Waals surface area contributed by atoms with E-state index in [-0.39, 0.29) is 6.61 Å². The summed E-state index contributed by atoms with van der Waals surface area (Å²) in [4.78, 5) is 14.7. The van der Waals surface area contributed by atoms with Crippen molar-refractivity contribution in [2.75, 3.05) is 12.3 Å². The number of aromatic nitrogens is 2. The van der Waals surface area contributed by atoms with Crippen LogP contribution in [-0.2, 0) is 4.74 Å². The number of aliphatic hydroxyl groups excluding tert-OH is 1. The Balaban J connectivity index is 2.33. The second kappa shape index (κ2) is 4.03. The number of rotatable bonds is 2. The number of ether oxygens (including phenoxy) is 1. The van der Waals surface area contributed by atoms with Crippen LogP contribution in [0, 0.1) is 5.82 Å². The van der Waals surface area contributed by atoms with E-state index in [0.29, 0.717) is 0 Å². The van der Waals surface area contributed by atoms with Crippen molar-refractivity contribution in [1.29, 1.82) is 0 Å². The lowest BCUT2D eigenvalue weighted by molar-refractivity contribution is -0.0106. The molecule has 2 rings (SSSR count). The zero-order valence-corrected chi connectivity index (χ0v) is 8.21. The van der Waals surface area contributed by atoms with Crippen molar-refractivity contribution < 1.29 is 14.2 Å². The Morgan fingerprint density at radius 1 is 1.62 bits per heavy atom. The average Bonchev–Trinajstić information content (AvgIpc) is 2.71. The van der Waals surface area contributed by atoms with E-state index in [1.54, 1.807) is 12.2 Å². The summed E-state index contributed by atoms with van der Waals surface area (Å²) in [6, 6.07) is 0. The molecule has 0 fully saturated rings. The molecule has 0 amide bonds. The molecule has 1 aromatic heterocycles. The van der Waals surface area contributed by atoms with E-state index < -0.39 is 29.7 Å². The molecule has 1 aromatic rings. The molecule has 0 aliphatic carbocycles. The summed E-state index contributed by atoms with van der Waals surface area (Å²) in [5.74, 6) is -1.23. The molecule has 0 radical (unpaired) electrons. The van der Waals surface area contributed by atoms with Gasteiger partial charge >= 0.3 is 5.69 Å². The highest BCUT2D eigenvalue weighted by atomic mass is 19.1. The first-order valence-electron chi connectivity index (χ1n) is 4.60. The summed E-state index contributed by atoms with van der Waals surface area (Å²) in [5.41, 5.74) is 4.44. The van der Waals surface area contributed by atoms with Crippen molar-refractivity contribution in [3.05, 3.63) is 34.7 Å². The quantitative estimate of drug-likeness (QED) is 0.659. The maximum Gasteiger partial charge on any atom is 0.352 e. The molecule has 0 aromatic carbocycles. The fourth-order valence-electron chi connectivity index (χ4n) is 1.39. The molecule has 1 aliphatic rings. The van der Waals surface area contributed by atoms with Crippen molar-refractivity contribution in [3.8, 4) is 0 Å². The van der Waals surface area contributed by atoms with Gasteiger partial charge in [-0.1, -0.05) is 6.08 Å². The largest absolute Gasteiger partial charge is 0.393 e. The Labute approximate surface area is 89.8 Å². The number of nitrogens with two attached hydrogens (primary N) is 1. The van der Waals surface area contributed by atoms with Crippen LogP contribution in [0.5, 0.6) is 0 Å². The van der Waals surface area contributed by atoms with Crippen LogP contribution in [0.25, 0.3) is 0 Å². The summed E-state index contributed by atoms with van der Waals surface area (Å²) < 4.78 is 19.3. The predicted molar refractivity (Wildman–Crippen MR) is 53.0 cm³/mol. The lowest BCUT2D eigenvalue weighted by Gasteiger charge is -2.14. The molecule has 16 heavy (non-hydrogen) atoms. The number of anilines is 1. The molecule has 0 saturated heterocycles. The molecule has 2 heterocycles. The lowest BCUT2D eigenvalue weighted by Crippen LogP contribution is -2.29. The third-order valence-electron chi connectivity index (χ3n) is 2.19. The first-order chi connectivity index (χ1) is 7.61. The van der Waals surface area contributed by atoms with Crippen LogP contribution in [0.1, 0.15) is 6.23 Å². The van der Waals surface area contributed by atoms with Gasteiger partial charge in [-0.2, -0.15) is 4.98 Å². The van der Waals surface area contributed by atoms with Crippen LogP contribution in [0.2, 0.25) is 0 Å². The number of nitrogen functional groups attached to an aromatic ring is 1. The maximum absolute atomic E-state index is 13.1. The molecule has 1 unspecified atom stereocenters. The van der Waals surface area contributed by atoms with E-state index in [9.17, 15) is 9.18 Å². The molecular formula is C9H10FN3O3. The van der Waals surface area contributed by atoms with E-state index in [0.717, 1.165) is 10.8 Å². The van der Waals surface area contributed by atoms with Crippen molar-refractivity contribution in [3.63, 3.8) is 0 Å². The zero-order valence-electron chi connectivity index (χ0n) is 8.21. The Morgan fingerprint density at radius 3 is 3.00 bits per heavy atom. The summed E-state index contributed by atoms with van der Waals surface area (Å²) in [7, 11) is 0. The molecule has 6 nitrogen and oxygen atoms in total. The summed E-state index contributed by atoms with van der Waals surface area (Å²) in [6.07, 6.45) is 2.81. The maximum atomic E-state index is 13.1. The molecule has 7 heteroatoms. The Bertz CT molecular complexity index is 485. The van der Waals surface area contributed by atoms with Gasteiger partial charge in [-0.3, -0.25) is 4.57 Å². The van der Waals surface area contributed by atoms with Crippen molar-refractivity contribution in [2.45, 2.75) is 12.3 Å². The number of aliphatic hydroxyl groups is 1. The first kappa shape index (κ1) is 10.8. The predicted octanol–water partition coefficient (Wildman–Crippen LogP) is -0.590. The van der Waals surface area contributed by atoms with Crippen LogP contribution in [0.4, 0.5) is 10.2 Å². The highest BCUT2D eigenvalue weighted by Crippen LogP contribution is 2.19. The number of nitrogens with zero attached hydrogens (tertiary/aromatic N) is 2. The number of hydrogen-bond acceptors (Lipinski definition) is 5. The highest BCUT2D eigenvalue weighted by Gasteiger charge is 2.21. The van der Waals surface area contributed by atoms with E-state index in [4.69, 9.17) is 15.6 Å². The minimum absolute atomic E-state index is 0.202. The minimum Gasteiger partial charge on any atom is -0.393 e. The Morgan fingerprint density at radius 2 is 2.38 bits per heavy atom. The molecule has 86 valence electrons. The highest BCUT2D eigenvalue weighted by molar-refractivity contribution is 5.26. The molecule has 1 aliphatic heterocycles. The summed E-state index contributed by atoms with van der Waals surface area (Å²) in [5, 5.41) is 8.83. The van der Waals surface area contributed by atoms with Gasteiger partial charge in [0.15, 0.2) is 17.9 Å². The van der Waals surface area contributed by atoms with Crippen molar-refractivity contribution >= 4 is 5.82 Å². The van der Waals surface area contributed by atoms with E-state index >= 15 is 0 Å². The van der Waals surface area contributed by atoms with Gasteiger partial charge in [-0.15, -0.1) is 0 Å². The summed E-state index contributed by atoms with van der Waals surface area (Å²) in [6.45, 7) is -0.202. The standard InChI is InChI=1S/C9H10FN3O3/c10-6-3-13(9(15)12-8(6)11)7-2-1-5(4-14)16-7/h1-3,5,7,14H,4H2,(H2,11,12,15)/t5-,7?/m1/s1. The van der Waals surface area contributed by atoms with Crippen LogP contribution in [0.3, 0.4) is 0 Å². The Kier molecular flexibility index (Phi) is 2.71.